The van der Waals surface area contributed by atoms with E-state index in [1.807, 2.05) is 59.2 Å². The third-order valence-corrected chi connectivity index (χ3v) is 7.91. The van der Waals surface area contributed by atoms with Gasteiger partial charge in [-0.05, 0) is 60.7 Å². The fourth-order valence-electron chi connectivity index (χ4n) is 4.78. The zero-order valence-corrected chi connectivity index (χ0v) is 25.2. The first-order valence-corrected chi connectivity index (χ1v) is 15.6. The molecule has 0 bridgehead atoms. The van der Waals surface area contributed by atoms with E-state index in [-0.39, 0.29) is 4.90 Å². The van der Waals surface area contributed by atoms with Crippen molar-refractivity contribution in [2.45, 2.75) is 17.6 Å². The fraction of sp³-hybridized carbons (Fsp3) is 0.0588. The number of nitrogens with zero attached hydrogens (tertiary/aromatic N) is 5. The third-order valence-electron chi connectivity index (χ3n) is 7.04. The molecule has 0 aliphatic heterocycles. The van der Waals surface area contributed by atoms with Crippen LogP contribution in [0.5, 0.6) is 0 Å². The van der Waals surface area contributed by atoms with E-state index in [4.69, 9.17) is 9.54 Å². The molecular weight excluding hydrogens is 629 g/mol. The Morgan fingerprint density at radius 3 is 2.23 bits per heavy atom. The van der Waals surface area contributed by atoms with E-state index in [1.54, 1.807) is 36.8 Å². The number of hydrogen-bond donors (Lipinski definition) is 2. The second kappa shape index (κ2) is 13.0. The Hall–Kier alpha value is -5.66. The van der Waals surface area contributed by atoms with E-state index in [1.165, 1.54) is 24.3 Å². The normalized spacial score (nSPS) is 11.7. The second-order valence-electron chi connectivity index (χ2n) is 10.3. The number of pyridine rings is 1. The van der Waals surface area contributed by atoms with Crippen LogP contribution in [0.4, 0.5) is 24.7 Å². The molecule has 0 radical (unpaired) electrons. The van der Waals surface area contributed by atoms with Gasteiger partial charge in [0.05, 0.1) is 45.6 Å². The van der Waals surface area contributed by atoms with E-state index < -0.39 is 21.9 Å². The minimum Gasteiger partial charge on any atom is -0.340 e. The first kappa shape index (κ1) is 31.3. The Morgan fingerprint density at radius 2 is 1.51 bits per heavy atom. The summed E-state index contributed by atoms with van der Waals surface area (Å²) in [6, 6.07) is 31.6. The highest BCUT2D eigenvalue weighted by Gasteiger charge is 2.30. The number of benzene rings is 4. The Balaban J connectivity index is 0.000000332. The van der Waals surface area contributed by atoms with Crippen molar-refractivity contribution in [1.82, 2.24) is 24.5 Å². The largest absolute Gasteiger partial charge is 0.416 e. The molecule has 0 aliphatic rings. The first-order chi connectivity index (χ1) is 22.5. The molecule has 3 heterocycles. The van der Waals surface area contributed by atoms with Gasteiger partial charge < -0.3 is 9.88 Å². The number of rotatable bonds is 6. The maximum atomic E-state index is 13.0. The second-order valence-corrected chi connectivity index (χ2v) is 11.7. The van der Waals surface area contributed by atoms with Crippen LogP contribution in [0.3, 0.4) is 0 Å². The molecule has 9 nitrogen and oxygen atoms in total. The van der Waals surface area contributed by atoms with Crippen molar-refractivity contribution < 1.29 is 26.1 Å². The summed E-state index contributed by atoms with van der Waals surface area (Å²) in [5.41, 5.74) is 3.93. The maximum Gasteiger partial charge on any atom is 0.416 e. The summed E-state index contributed by atoms with van der Waals surface area (Å²) < 4.78 is 70.2. The van der Waals surface area contributed by atoms with E-state index in [0.29, 0.717) is 29.6 Å². The minimum absolute atomic E-state index is 0.0741. The molecule has 3 aromatic heterocycles. The van der Waals surface area contributed by atoms with Crippen LogP contribution in [0.1, 0.15) is 11.4 Å². The number of nitrogens with one attached hydrogen (secondary N) is 1. The number of imidazole rings is 1. The van der Waals surface area contributed by atoms with Crippen LogP contribution in [0.15, 0.2) is 133 Å². The Morgan fingerprint density at radius 1 is 0.766 bits per heavy atom. The van der Waals surface area contributed by atoms with Crippen LogP contribution >= 0.6 is 0 Å². The van der Waals surface area contributed by atoms with Crippen molar-refractivity contribution in [3.8, 4) is 11.3 Å². The van der Waals surface area contributed by atoms with Gasteiger partial charge >= 0.3 is 6.18 Å². The lowest BCUT2D eigenvalue weighted by atomic mass is 10.1. The topological polar surface area (TPSA) is 123 Å². The monoisotopic (exact) mass is 654 g/mol. The van der Waals surface area contributed by atoms with Gasteiger partial charge in [-0.1, -0.05) is 48.5 Å². The molecule has 7 rings (SSSR count). The van der Waals surface area contributed by atoms with Crippen LogP contribution in [0.2, 0.25) is 0 Å². The molecule has 7 aromatic rings. The van der Waals surface area contributed by atoms with Gasteiger partial charge in [0, 0.05) is 28.9 Å². The standard InChI is InChI=1S/C28H19F3N6.C6H6O3S/c29-28(30,31)20-9-11-21(12-10-20)34-26-15-24(19-8-7-18-4-3-13-32-23(18)14-19)35-27(36-26)16-37-17-33-22-5-1-2-6-25(22)37;7-10(8,9)6-4-2-1-3-5-6/h1-15,17H,16H2,(H,34,35,36);1-5H,(H,7,8,9). The lowest BCUT2D eigenvalue weighted by molar-refractivity contribution is -0.137. The molecule has 0 saturated heterocycles. The third kappa shape index (κ3) is 7.60. The van der Waals surface area contributed by atoms with E-state index in [9.17, 15) is 21.6 Å². The minimum atomic E-state index is -4.40. The summed E-state index contributed by atoms with van der Waals surface area (Å²) in [6.07, 6.45) is -0.922. The van der Waals surface area contributed by atoms with E-state index >= 15 is 0 Å². The predicted octanol–water partition coefficient (Wildman–Crippen LogP) is 7.79. The van der Waals surface area contributed by atoms with Gasteiger partial charge in [-0.25, -0.2) is 15.0 Å². The zero-order chi connectivity index (χ0) is 33.0. The first-order valence-electron chi connectivity index (χ1n) is 14.1. The van der Waals surface area contributed by atoms with Crippen molar-refractivity contribution in [2.75, 3.05) is 5.32 Å². The molecule has 236 valence electrons. The summed E-state index contributed by atoms with van der Waals surface area (Å²) in [5, 5.41) is 4.14. The van der Waals surface area contributed by atoms with Crippen molar-refractivity contribution in [2.24, 2.45) is 0 Å². The van der Waals surface area contributed by atoms with Crippen molar-refractivity contribution in [3.63, 3.8) is 0 Å². The fourth-order valence-corrected chi connectivity index (χ4v) is 5.28. The predicted molar refractivity (Wildman–Crippen MR) is 173 cm³/mol. The highest BCUT2D eigenvalue weighted by atomic mass is 32.2. The molecule has 0 atom stereocenters. The molecule has 0 aliphatic carbocycles. The van der Waals surface area contributed by atoms with Gasteiger partial charge in [-0.15, -0.1) is 0 Å². The van der Waals surface area contributed by atoms with Crippen molar-refractivity contribution in [1.29, 1.82) is 0 Å². The number of alkyl halides is 3. The summed E-state index contributed by atoms with van der Waals surface area (Å²) >= 11 is 0. The Labute approximate surface area is 267 Å². The van der Waals surface area contributed by atoms with Crippen LogP contribution in [0, 0.1) is 0 Å². The molecule has 0 amide bonds. The summed E-state index contributed by atoms with van der Waals surface area (Å²) in [5.74, 6) is 0.987. The van der Waals surface area contributed by atoms with Crippen LogP contribution in [-0.2, 0) is 22.8 Å². The van der Waals surface area contributed by atoms with Gasteiger partial charge in [-0.3, -0.25) is 9.54 Å². The Kier molecular flexibility index (Phi) is 8.66. The van der Waals surface area contributed by atoms with E-state index in [0.717, 1.165) is 39.6 Å². The van der Waals surface area contributed by atoms with Gasteiger partial charge in [0.2, 0.25) is 0 Å². The maximum absolute atomic E-state index is 13.0. The van der Waals surface area contributed by atoms with Gasteiger partial charge in [0.1, 0.15) is 5.82 Å². The van der Waals surface area contributed by atoms with Crippen LogP contribution in [0.25, 0.3) is 33.2 Å². The lowest BCUT2D eigenvalue weighted by Gasteiger charge is -2.12. The van der Waals surface area contributed by atoms with Gasteiger partial charge in [0.15, 0.2) is 5.82 Å². The summed E-state index contributed by atoms with van der Waals surface area (Å²) in [7, 11) is -4.00. The van der Waals surface area contributed by atoms with Gasteiger partial charge in [-0.2, -0.15) is 21.6 Å². The van der Waals surface area contributed by atoms with E-state index in [2.05, 4.69) is 20.3 Å². The highest BCUT2D eigenvalue weighted by molar-refractivity contribution is 7.85. The average molecular weight is 655 g/mol. The average Bonchev–Trinajstić information content (AvgIpc) is 3.47. The van der Waals surface area contributed by atoms with Crippen LogP contribution in [-0.4, -0.2) is 37.5 Å². The smallest absolute Gasteiger partial charge is 0.340 e. The number of hydrogen-bond acceptors (Lipinski definition) is 7. The molecular formula is C34H25F3N6O3S. The number of anilines is 2. The van der Waals surface area contributed by atoms with Crippen molar-refractivity contribution >= 4 is 43.6 Å². The highest BCUT2D eigenvalue weighted by Crippen LogP contribution is 2.31. The zero-order valence-electron chi connectivity index (χ0n) is 24.4. The number of aromatic nitrogens is 5. The molecule has 0 saturated carbocycles. The molecule has 47 heavy (non-hydrogen) atoms. The van der Waals surface area contributed by atoms with Crippen LogP contribution < -0.4 is 5.32 Å². The number of para-hydroxylation sites is 2. The molecule has 0 spiro atoms. The quantitative estimate of drug-likeness (QED) is 0.174. The SMILES string of the molecule is FC(F)(F)c1ccc(Nc2cc(-c3ccc4cccnc4c3)nc(Cn3cnc4ccccc43)n2)cc1.O=S(=O)(O)c1ccccc1. The molecule has 2 N–H and O–H groups in total. The lowest BCUT2D eigenvalue weighted by Crippen LogP contribution is -2.07. The van der Waals surface area contributed by atoms with Crippen molar-refractivity contribution in [3.05, 3.63) is 139 Å². The summed E-state index contributed by atoms with van der Waals surface area (Å²) in [4.78, 5) is 18.3. The Bertz CT molecular complexity index is 2280. The number of fused-ring (bicyclic) bond motifs is 2. The molecule has 0 fully saturated rings. The van der Waals surface area contributed by atoms with Gasteiger partial charge in [0.25, 0.3) is 10.1 Å². The number of halogens is 3. The molecule has 0 unspecified atom stereocenters. The molecule has 4 aromatic carbocycles. The molecule has 13 heteroatoms. The summed E-state index contributed by atoms with van der Waals surface area (Å²) in [6.45, 7) is 0.363.